The molecule has 1 atom stereocenters. The van der Waals surface area contributed by atoms with Crippen LogP contribution in [-0.4, -0.2) is 30.6 Å². The maximum atomic E-state index is 11.6. The van der Waals surface area contributed by atoms with E-state index in [-0.39, 0.29) is 12.2 Å². The van der Waals surface area contributed by atoms with Gasteiger partial charge in [0.25, 0.3) is 0 Å². The summed E-state index contributed by atoms with van der Waals surface area (Å²) in [4.78, 5) is 13.2. The van der Waals surface area contributed by atoms with E-state index in [1.165, 1.54) is 5.56 Å². The largest absolute Gasteiger partial charge is 0.439 e. The molecule has 98 valence electrons. The molecule has 1 aliphatic heterocycles. The summed E-state index contributed by atoms with van der Waals surface area (Å²) in [5, 5.41) is 0. The van der Waals surface area contributed by atoms with Crippen LogP contribution < -0.4 is 5.73 Å². The van der Waals surface area contributed by atoms with Crippen LogP contribution in [0.4, 0.5) is 4.79 Å². The zero-order chi connectivity index (χ0) is 13.1. The van der Waals surface area contributed by atoms with E-state index in [1.807, 2.05) is 12.1 Å². The van der Waals surface area contributed by atoms with E-state index in [0.29, 0.717) is 25.6 Å². The highest BCUT2D eigenvalue weighted by Crippen LogP contribution is 2.27. The van der Waals surface area contributed by atoms with Crippen molar-refractivity contribution in [2.75, 3.05) is 19.6 Å². The number of carbonyl (C=O) groups excluding carboxylic acids is 1. The van der Waals surface area contributed by atoms with Gasteiger partial charge in [0.05, 0.1) is 6.54 Å². The summed E-state index contributed by atoms with van der Waals surface area (Å²) in [6.45, 7) is 5.94. The molecule has 4 nitrogen and oxygen atoms in total. The summed E-state index contributed by atoms with van der Waals surface area (Å²) >= 11 is 0. The number of hydrogen-bond acceptors (Lipinski definition) is 3. The third kappa shape index (κ3) is 2.64. The first-order chi connectivity index (χ1) is 8.61. The fourth-order valence-corrected chi connectivity index (χ4v) is 2.12. The summed E-state index contributed by atoms with van der Waals surface area (Å²) in [7, 11) is 0. The molecule has 4 heteroatoms. The van der Waals surface area contributed by atoms with E-state index in [9.17, 15) is 4.79 Å². The molecule has 1 unspecified atom stereocenters. The Morgan fingerprint density at radius 3 is 2.61 bits per heavy atom. The standard InChI is InChI=1S/C14H20N2O2/c1-10(2)11-3-5-12(6-4-11)13-9-16(8-7-15)14(17)18-13/h3-6,10,13H,7-9,15H2,1-2H3. The lowest BCUT2D eigenvalue weighted by atomic mass is 10.00. The fourth-order valence-electron chi connectivity index (χ4n) is 2.12. The van der Waals surface area contributed by atoms with Crippen molar-refractivity contribution in [3.63, 3.8) is 0 Å². The molecule has 0 radical (unpaired) electrons. The number of amides is 1. The van der Waals surface area contributed by atoms with Crippen molar-refractivity contribution >= 4 is 6.09 Å². The third-order valence-corrected chi connectivity index (χ3v) is 3.26. The van der Waals surface area contributed by atoms with Crippen molar-refractivity contribution in [1.29, 1.82) is 0 Å². The Kier molecular flexibility index (Phi) is 3.87. The Bertz CT molecular complexity index is 414. The van der Waals surface area contributed by atoms with Gasteiger partial charge in [-0.15, -0.1) is 0 Å². The van der Waals surface area contributed by atoms with Crippen LogP contribution in [0.15, 0.2) is 24.3 Å². The topological polar surface area (TPSA) is 55.6 Å². The van der Waals surface area contributed by atoms with Gasteiger partial charge < -0.3 is 15.4 Å². The van der Waals surface area contributed by atoms with Gasteiger partial charge in [0.2, 0.25) is 0 Å². The maximum absolute atomic E-state index is 11.6. The predicted molar refractivity (Wildman–Crippen MR) is 70.4 cm³/mol. The van der Waals surface area contributed by atoms with Crippen molar-refractivity contribution in [3.05, 3.63) is 35.4 Å². The van der Waals surface area contributed by atoms with Crippen LogP contribution in [0.1, 0.15) is 37.0 Å². The minimum absolute atomic E-state index is 0.162. The molecule has 0 aliphatic carbocycles. The molecule has 0 bridgehead atoms. The van der Waals surface area contributed by atoms with Crippen LogP contribution in [0.5, 0.6) is 0 Å². The van der Waals surface area contributed by atoms with Crippen molar-refractivity contribution < 1.29 is 9.53 Å². The van der Waals surface area contributed by atoms with Gasteiger partial charge in [-0.25, -0.2) is 4.79 Å². The zero-order valence-corrected chi connectivity index (χ0v) is 10.9. The first kappa shape index (κ1) is 12.9. The Morgan fingerprint density at radius 2 is 2.06 bits per heavy atom. The Labute approximate surface area is 108 Å². The molecule has 0 saturated carbocycles. The van der Waals surface area contributed by atoms with Gasteiger partial charge in [-0.1, -0.05) is 38.1 Å². The van der Waals surface area contributed by atoms with Crippen LogP contribution >= 0.6 is 0 Å². The van der Waals surface area contributed by atoms with Crippen molar-refractivity contribution in [1.82, 2.24) is 4.90 Å². The number of cyclic esters (lactones) is 1. The Balaban J connectivity index is 2.07. The highest BCUT2D eigenvalue weighted by atomic mass is 16.6. The zero-order valence-electron chi connectivity index (χ0n) is 10.9. The first-order valence-corrected chi connectivity index (χ1v) is 6.37. The molecule has 0 spiro atoms. The lowest BCUT2D eigenvalue weighted by Crippen LogP contribution is -2.30. The average Bonchev–Trinajstić information content (AvgIpc) is 2.72. The fraction of sp³-hybridized carbons (Fsp3) is 0.500. The molecule has 1 fully saturated rings. The van der Waals surface area contributed by atoms with Gasteiger partial charge in [-0.2, -0.15) is 0 Å². The Hall–Kier alpha value is -1.55. The normalized spacial score (nSPS) is 19.4. The minimum Gasteiger partial charge on any atom is -0.439 e. The number of nitrogens with two attached hydrogens (primary N) is 1. The SMILES string of the molecule is CC(C)c1ccc(C2CN(CCN)C(=O)O2)cc1. The van der Waals surface area contributed by atoms with Crippen LogP contribution in [0.3, 0.4) is 0 Å². The number of carbonyl (C=O) groups is 1. The second kappa shape index (κ2) is 5.40. The lowest BCUT2D eigenvalue weighted by molar-refractivity contribution is 0.133. The third-order valence-electron chi connectivity index (χ3n) is 3.26. The molecule has 1 aliphatic rings. The number of ether oxygens (including phenoxy) is 1. The quantitative estimate of drug-likeness (QED) is 0.889. The molecule has 0 aromatic heterocycles. The molecular formula is C14H20N2O2. The van der Waals surface area contributed by atoms with Crippen LogP contribution in [-0.2, 0) is 4.74 Å². The molecule has 18 heavy (non-hydrogen) atoms. The summed E-state index contributed by atoms with van der Waals surface area (Å²) in [6.07, 6.45) is -0.427. The molecule has 2 rings (SSSR count). The van der Waals surface area contributed by atoms with Crippen molar-refractivity contribution in [2.45, 2.75) is 25.9 Å². The second-order valence-electron chi connectivity index (χ2n) is 4.93. The van der Waals surface area contributed by atoms with Gasteiger partial charge in [-0.05, 0) is 17.0 Å². The average molecular weight is 248 g/mol. The monoisotopic (exact) mass is 248 g/mol. The number of hydrogen-bond donors (Lipinski definition) is 1. The molecule has 1 aromatic carbocycles. The van der Waals surface area contributed by atoms with E-state index in [0.717, 1.165) is 5.56 Å². The van der Waals surface area contributed by atoms with E-state index in [1.54, 1.807) is 4.90 Å². The van der Waals surface area contributed by atoms with E-state index < -0.39 is 0 Å². The molecule has 1 amide bonds. The Morgan fingerprint density at radius 1 is 1.39 bits per heavy atom. The van der Waals surface area contributed by atoms with Gasteiger partial charge in [-0.3, -0.25) is 0 Å². The van der Waals surface area contributed by atoms with Gasteiger partial charge in [0.1, 0.15) is 6.10 Å². The second-order valence-corrected chi connectivity index (χ2v) is 4.93. The molecular weight excluding hydrogens is 228 g/mol. The minimum atomic E-state index is -0.265. The predicted octanol–water partition coefficient (Wildman–Crippen LogP) is 2.26. The van der Waals surface area contributed by atoms with Crippen LogP contribution in [0.25, 0.3) is 0 Å². The van der Waals surface area contributed by atoms with Crippen molar-refractivity contribution in [2.24, 2.45) is 5.73 Å². The van der Waals surface area contributed by atoms with Crippen LogP contribution in [0, 0.1) is 0 Å². The highest BCUT2D eigenvalue weighted by Gasteiger charge is 2.31. The summed E-state index contributed by atoms with van der Waals surface area (Å²) in [6, 6.07) is 8.28. The summed E-state index contributed by atoms with van der Waals surface area (Å²) in [5.41, 5.74) is 7.80. The van der Waals surface area contributed by atoms with Crippen LogP contribution in [0.2, 0.25) is 0 Å². The van der Waals surface area contributed by atoms with E-state index in [4.69, 9.17) is 10.5 Å². The van der Waals surface area contributed by atoms with Gasteiger partial charge in [0, 0.05) is 13.1 Å². The van der Waals surface area contributed by atoms with E-state index >= 15 is 0 Å². The number of rotatable bonds is 4. The summed E-state index contributed by atoms with van der Waals surface area (Å²) < 4.78 is 5.34. The summed E-state index contributed by atoms with van der Waals surface area (Å²) in [5.74, 6) is 0.513. The van der Waals surface area contributed by atoms with Gasteiger partial charge in [0.15, 0.2) is 0 Å². The van der Waals surface area contributed by atoms with Crippen molar-refractivity contribution in [3.8, 4) is 0 Å². The maximum Gasteiger partial charge on any atom is 0.410 e. The smallest absolute Gasteiger partial charge is 0.410 e. The molecule has 1 aromatic rings. The molecule has 1 heterocycles. The van der Waals surface area contributed by atoms with Gasteiger partial charge >= 0.3 is 6.09 Å². The first-order valence-electron chi connectivity index (χ1n) is 6.37. The highest BCUT2D eigenvalue weighted by molar-refractivity contribution is 5.70. The molecule has 1 saturated heterocycles. The number of nitrogens with zero attached hydrogens (tertiary/aromatic N) is 1. The number of benzene rings is 1. The van der Waals surface area contributed by atoms with E-state index in [2.05, 4.69) is 26.0 Å². The molecule has 2 N–H and O–H groups in total. The lowest BCUT2D eigenvalue weighted by Gasteiger charge is -2.12.